The highest BCUT2D eigenvalue weighted by Crippen LogP contribution is 2.23. The zero-order valence-corrected chi connectivity index (χ0v) is 14.8. The molecule has 1 aliphatic heterocycles. The third-order valence-electron chi connectivity index (χ3n) is 2.96. The van der Waals surface area contributed by atoms with Crippen LogP contribution < -0.4 is 10.1 Å². The Morgan fingerprint density at radius 3 is 2.85 bits per heavy atom. The topological polar surface area (TPSA) is 43.4 Å². The first-order chi connectivity index (χ1) is 8.70. The Kier molecular flexibility index (Phi) is 10.00. The lowest BCUT2D eigenvalue weighted by atomic mass is 10.1. The number of rotatable bonds is 5. The summed E-state index contributed by atoms with van der Waals surface area (Å²) in [5.41, 5.74) is 0. The molecule has 0 radical (unpaired) electrons. The van der Waals surface area contributed by atoms with Crippen molar-refractivity contribution in [1.29, 1.82) is 0 Å². The number of ether oxygens (including phenoxy) is 2. The smallest absolute Gasteiger partial charge is 0.256 e. The molecule has 4 nitrogen and oxygen atoms in total. The number of aromatic nitrogens is 1. The molecule has 1 saturated heterocycles. The van der Waals surface area contributed by atoms with Crippen LogP contribution in [-0.2, 0) is 4.74 Å². The van der Waals surface area contributed by atoms with Crippen LogP contribution in [0, 0.1) is 15.4 Å². The van der Waals surface area contributed by atoms with Gasteiger partial charge in [0.2, 0.25) is 0 Å². The molecular weight excluding hydrogens is 421 g/mol. The second-order valence-corrected chi connectivity index (χ2v) is 5.55. The maximum atomic E-state index is 13.4. The molecule has 1 aromatic heterocycles. The van der Waals surface area contributed by atoms with Crippen LogP contribution in [0.25, 0.3) is 0 Å². The van der Waals surface area contributed by atoms with Crippen LogP contribution in [-0.4, -0.2) is 37.9 Å². The molecule has 1 fully saturated rings. The van der Waals surface area contributed by atoms with E-state index in [1.165, 1.54) is 6.20 Å². The first kappa shape index (κ1) is 20.1. The van der Waals surface area contributed by atoms with E-state index in [4.69, 9.17) is 9.47 Å². The maximum absolute atomic E-state index is 13.4. The molecule has 0 saturated carbocycles. The van der Waals surface area contributed by atoms with E-state index < -0.39 is 5.95 Å². The predicted molar refractivity (Wildman–Crippen MR) is 88.7 cm³/mol. The molecule has 0 aliphatic carbocycles. The summed E-state index contributed by atoms with van der Waals surface area (Å²) in [6.07, 6.45) is 2.43. The van der Waals surface area contributed by atoms with Crippen molar-refractivity contribution >= 4 is 47.4 Å². The number of methoxy groups -OCH3 is 1. The molecule has 116 valence electrons. The molecule has 8 heteroatoms. The zero-order valence-electron chi connectivity index (χ0n) is 11.0. The summed E-state index contributed by atoms with van der Waals surface area (Å²) in [4.78, 5) is 3.59. The minimum absolute atomic E-state index is 0. The van der Waals surface area contributed by atoms with Crippen LogP contribution in [0.15, 0.2) is 12.3 Å². The van der Waals surface area contributed by atoms with Crippen molar-refractivity contribution in [3.8, 4) is 5.75 Å². The monoisotopic (exact) mass is 438 g/mol. The quantitative estimate of drug-likeness (QED) is 0.567. The molecule has 1 aliphatic rings. The predicted octanol–water partition coefficient (Wildman–Crippen LogP) is 2.67. The van der Waals surface area contributed by atoms with Gasteiger partial charge in [0.05, 0.1) is 10.2 Å². The van der Waals surface area contributed by atoms with Gasteiger partial charge in [-0.25, -0.2) is 4.98 Å². The summed E-state index contributed by atoms with van der Waals surface area (Å²) in [7, 11) is 1.71. The molecule has 0 amide bonds. The molecule has 20 heavy (non-hydrogen) atoms. The minimum Gasteiger partial charge on any atom is -0.486 e. The first-order valence-electron chi connectivity index (χ1n) is 5.85. The number of pyridine rings is 1. The molecular formula is C12H18Cl2FIN2O2. The Labute approximate surface area is 144 Å². The van der Waals surface area contributed by atoms with Crippen LogP contribution in [0.1, 0.15) is 6.42 Å². The molecule has 1 aromatic rings. The van der Waals surface area contributed by atoms with E-state index in [1.807, 2.05) is 22.6 Å². The van der Waals surface area contributed by atoms with E-state index in [1.54, 1.807) is 13.2 Å². The van der Waals surface area contributed by atoms with Gasteiger partial charge in [0.15, 0.2) is 5.75 Å². The van der Waals surface area contributed by atoms with Crippen molar-refractivity contribution in [3.63, 3.8) is 0 Å². The van der Waals surface area contributed by atoms with E-state index in [9.17, 15) is 4.39 Å². The van der Waals surface area contributed by atoms with E-state index in [-0.39, 0.29) is 36.6 Å². The highest BCUT2D eigenvalue weighted by atomic mass is 127. The van der Waals surface area contributed by atoms with Crippen LogP contribution in [0.2, 0.25) is 0 Å². The zero-order chi connectivity index (χ0) is 13.0. The van der Waals surface area contributed by atoms with Crippen molar-refractivity contribution < 1.29 is 13.9 Å². The number of hydrogen-bond acceptors (Lipinski definition) is 4. The van der Waals surface area contributed by atoms with E-state index in [2.05, 4.69) is 10.3 Å². The fourth-order valence-corrected chi connectivity index (χ4v) is 2.64. The van der Waals surface area contributed by atoms with Gasteiger partial charge < -0.3 is 14.8 Å². The van der Waals surface area contributed by atoms with Crippen LogP contribution in [0.5, 0.6) is 5.75 Å². The molecule has 0 bridgehead atoms. The van der Waals surface area contributed by atoms with Gasteiger partial charge in [-0.1, -0.05) is 0 Å². The third-order valence-corrected chi connectivity index (χ3v) is 3.81. The van der Waals surface area contributed by atoms with Gasteiger partial charge >= 0.3 is 0 Å². The van der Waals surface area contributed by atoms with Crippen molar-refractivity contribution in [2.75, 3.05) is 26.9 Å². The Balaban J connectivity index is 0.00000180. The largest absolute Gasteiger partial charge is 0.486 e. The van der Waals surface area contributed by atoms with Gasteiger partial charge in [-0.15, -0.1) is 24.8 Å². The van der Waals surface area contributed by atoms with Crippen LogP contribution in [0.4, 0.5) is 4.39 Å². The first-order valence-corrected chi connectivity index (χ1v) is 6.93. The normalized spacial score (nSPS) is 20.9. The number of hydrogen-bond donors (Lipinski definition) is 1. The molecule has 0 aromatic carbocycles. The van der Waals surface area contributed by atoms with Gasteiger partial charge in [0, 0.05) is 25.9 Å². The standard InChI is InChI=1S/C12H16FIN2O2.2ClH/c1-17-6-8-4-9(16-5-8)7-18-11-10(14)2-3-15-12(11)13;;/h2-3,8-9,16H,4-7H2,1H3;2*1H/t8-,9-;;/m0../s1. The van der Waals surface area contributed by atoms with Crippen molar-refractivity contribution in [1.82, 2.24) is 10.3 Å². The molecule has 0 unspecified atom stereocenters. The van der Waals surface area contributed by atoms with Gasteiger partial charge in [-0.05, 0) is 41.0 Å². The average molecular weight is 439 g/mol. The summed E-state index contributed by atoms with van der Waals surface area (Å²) in [5.74, 6) is 0.213. The fourth-order valence-electron chi connectivity index (χ4n) is 2.11. The lowest BCUT2D eigenvalue weighted by molar-refractivity contribution is 0.157. The summed E-state index contributed by atoms with van der Waals surface area (Å²) in [6, 6.07) is 1.98. The summed E-state index contributed by atoms with van der Waals surface area (Å²) in [6.45, 7) is 2.13. The third kappa shape index (κ3) is 5.48. The fraction of sp³-hybridized carbons (Fsp3) is 0.583. The Morgan fingerprint density at radius 2 is 2.20 bits per heavy atom. The van der Waals surface area contributed by atoms with Crippen molar-refractivity contribution in [3.05, 3.63) is 21.8 Å². The van der Waals surface area contributed by atoms with Crippen LogP contribution in [0.3, 0.4) is 0 Å². The lowest BCUT2D eigenvalue weighted by Crippen LogP contribution is -2.28. The van der Waals surface area contributed by atoms with Gasteiger partial charge in [0.25, 0.3) is 5.95 Å². The Bertz CT molecular complexity index is 395. The second-order valence-electron chi connectivity index (χ2n) is 4.39. The van der Waals surface area contributed by atoms with Crippen LogP contribution >= 0.6 is 47.4 Å². The molecule has 2 rings (SSSR count). The highest BCUT2D eigenvalue weighted by molar-refractivity contribution is 14.1. The Morgan fingerprint density at radius 1 is 1.45 bits per heavy atom. The van der Waals surface area contributed by atoms with E-state index >= 15 is 0 Å². The SMILES string of the molecule is COC[C@@H]1CN[C@H](COc2c(I)ccnc2F)C1.Cl.Cl. The van der Waals surface area contributed by atoms with E-state index in [0.717, 1.165) is 23.1 Å². The lowest BCUT2D eigenvalue weighted by Gasteiger charge is -2.13. The molecule has 2 atom stereocenters. The summed E-state index contributed by atoms with van der Waals surface area (Å²) >= 11 is 2.04. The van der Waals surface area contributed by atoms with Gasteiger partial charge in [-0.2, -0.15) is 4.39 Å². The Hall–Kier alpha value is 0.110. The average Bonchev–Trinajstić information content (AvgIpc) is 2.77. The van der Waals surface area contributed by atoms with Gasteiger partial charge in [-0.3, -0.25) is 0 Å². The number of halogens is 4. The molecule has 2 heterocycles. The summed E-state index contributed by atoms with van der Waals surface area (Å²) in [5, 5.41) is 3.35. The highest BCUT2D eigenvalue weighted by Gasteiger charge is 2.25. The number of nitrogens with one attached hydrogen (secondary N) is 1. The maximum Gasteiger partial charge on any atom is 0.256 e. The molecule has 1 N–H and O–H groups in total. The number of nitrogens with zero attached hydrogens (tertiary/aromatic N) is 1. The minimum atomic E-state index is -0.548. The second kappa shape index (κ2) is 9.94. The van der Waals surface area contributed by atoms with Gasteiger partial charge in [0.1, 0.15) is 6.61 Å². The van der Waals surface area contributed by atoms with E-state index in [0.29, 0.717) is 12.5 Å². The summed E-state index contributed by atoms with van der Waals surface area (Å²) < 4.78 is 24.8. The molecule has 0 spiro atoms. The van der Waals surface area contributed by atoms with Crippen molar-refractivity contribution in [2.45, 2.75) is 12.5 Å². The van der Waals surface area contributed by atoms with Crippen molar-refractivity contribution in [2.24, 2.45) is 5.92 Å².